The summed E-state index contributed by atoms with van der Waals surface area (Å²) >= 11 is 0. The van der Waals surface area contributed by atoms with E-state index in [0.29, 0.717) is 11.4 Å². The molecule has 1 aliphatic rings. The minimum atomic E-state index is -0.368. The van der Waals surface area contributed by atoms with Gasteiger partial charge in [-0.05, 0) is 31.2 Å². The quantitative estimate of drug-likeness (QED) is 0.930. The number of carbonyl (C=O) groups excluding carboxylic acids is 1. The summed E-state index contributed by atoms with van der Waals surface area (Å²) in [6.45, 7) is 1.72. The van der Waals surface area contributed by atoms with Crippen molar-refractivity contribution in [2.24, 2.45) is 0 Å². The van der Waals surface area contributed by atoms with Crippen LogP contribution in [0.5, 0.6) is 0 Å². The Morgan fingerprint density at radius 2 is 2.24 bits per heavy atom. The first-order chi connectivity index (χ1) is 10.2. The van der Waals surface area contributed by atoms with E-state index in [4.69, 9.17) is 0 Å². The Hall–Kier alpha value is -2.21. The number of nitrogens with zero attached hydrogens (tertiary/aromatic N) is 3. The van der Waals surface area contributed by atoms with Crippen molar-refractivity contribution in [3.63, 3.8) is 0 Å². The van der Waals surface area contributed by atoms with E-state index in [2.05, 4.69) is 10.4 Å². The average molecular weight is 288 g/mol. The molecule has 3 rings (SSSR count). The molecule has 0 spiro atoms. The van der Waals surface area contributed by atoms with Crippen molar-refractivity contribution in [2.75, 3.05) is 20.1 Å². The monoisotopic (exact) mass is 288 g/mol. The first-order valence-electron chi connectivity index (χ1n) is 6.95. The molecule has 1 saturated heterocycles. The van der Waals surface area contributed by atoms with Gasteiger partial charge in [-0.25, -0.2) is 9.07 Å². The summed E-state index contributed by atoms with van der Waals surface area (Å²) in [7, 11) is 1.78. The van der Waals surface area contributed by atoms with E-state index in [1.807, 2.05) is 0 Å². The highest BCUT2D eigenvalue weighted by molar-refractivity contribution is 5.92. The fourth-order valence-corrected chi connectivity index (χ4v) is 2.53. The lowest BCUT2D eigenvalue weighted by Gasteiger charge is -2.22. The number of amides is 1. The van der Waals surface area contributed by atoms with Crippen LogP contribution in [0.4, 0.5) is 4.39 Å². The van der Waals surface area contributed by atoms with Crippen molar-refractivity contribution >= 4 is 5.91 Å². The Morgan fingerprint density at radius 3 is 2.95 bits per heavy atom. The van der Waals surface area contributed by atoms with Crippen molar-refractivity contribution in [1.82, 2.24) is 20.0 Å². The van der Waals surface area contributed by atoms with E-state index < -0.39 is 0 Å². The van der Waals surface area contributed by atoms with Crippen molar-refractivity contribution in [1.29, 1.82) is 0 Å². The lowest BCUT2D eigenvalue weighted by molar-refractivity contribution is 0.0737. The molecule has 5 nitrogen and oxygen atoms in total. The van der Waals surface area contributed by atoms with Gasteiger partial charge in [0.2, 0.25) is 0 Å². The molecule has 1 amide bonds. The van der Waals surface area contributed by atoms with Crippen LogP contribution in [0.2, 0.25) is 0 Å². The van der Waals surface area contributed by atoms with Crippen LogP contribution in [0.1, 0.15) is 16.9 Å². The molecule has 0 aliphatic carbocycles. The van der Waals surface area contributed by atoms with E-state index in [-0.39, 0.29) is 17.8 Å². The van der Waals surface area contributed by atoms with E-state index in [1.54, 1.807) is 42.4 Å². The number of para-hydroxylation sites is 1. The SMILES string of the molecule is CN(C(=O)c1ccn(-c2ccccc2F)n1)C1CCNC1. The van der Waals surface area contributed by atoms with Crippen LogP contribution in [0.3, 0.4) is 0 Å². The Labute approximate surface area is 122 Å². The number of nitrogens with one attached hydrogen (secondary N) is 1. The molecule has 6 heteroatoms. The maximum absolute atomic E-state index is 13.7. The van der Waals surface area contributed by atoms with Gasteiger partial charge < -0.3 is 10.2 Å². The minimum Gasteiger partial charge on any atom is -0.336 e. The number of rotatable bonds is 3. The fraction of sp³-hybridized carbons (Fsp3) is 0.333. The standard InChI is InChI=1S/C15H17FN4O/c1-19(11-6-8-17-10-11)15(21)13-7-9-20(18-13)14-5-3-2-4-12(14)16/h2-5,7,9,11,17H,6,8,10H2,1H3. The zero-order valence-corrected chi connectivity index (χ0v) is 11.8. The van der Waals surface area contributed by atoms with Crippen LogP contribution >= 0.6 is 0 Å². The van der Waals surface area contributed by atoms with Gasteiger partial charge in [0.25, 0.3) is 5.91 Å². The molecule has 0 saturated carbocycles. The van der Waals surface area contributed by atoms with Gasteiger partial charge in [0.15, 0.2) is 5.69 Å². The second-order valence-electron chi connectivity index (χ2n) is 5.16. The van der Waals surface area contributed by atoms with Crippen LogP contribution in [0.15, 0.2) is 36.5 Å². The zero-order chi connectivity index (χ0) is 14.8. The maximum atomic E-state index is 13.7. The lowest BCUT2D eigenvalue weighted by Crippen LogP contribution is -2.38. The molecule has 0 bridgehead atoms. The summed E-state index contributed by atoms with van der Waals surface area (Å²) in [5.74, 6) is -0.508. The van der Waals surface area contributed by atoms with Crippen LogP contribution in [-0.4, -0.2) is 46.8 Å². The largest absolute Gasteiger partial charge is 0.336 e. The Kier molecular flexibility index (Phi) is 3.70. The van der Waals surface area contributed by atoms with Gasteiger partial charge in [0, 0.05) is 25.8 Å². The van der Waals surface area contributed by atoms with Crippen LogP contribution in [-0.2, 0) is 0 Å². The number of hydrogen-bond donors (Lipinski definition) is 1. The first-order valence-corrected chi connectivity index (χ1v) is 6.95. The van der Waals surface area contributed by atoms with Gasteiger partial charge in [-0.2, -0.15) is 5.10 Å². The Bertz CT molecular complexity index is 649. The third-order valence-electron chi connectivity index (χ3n) is 3.81. The molecule has 2 heterocycles. The molecule has 1 atom stereocenters. The van der Waals surface area contributed by atoms with Gasteiger partial charge in [-0.3, -0.25) is 4.79 Å². The van der Waals surface area contributed by atoms with E-state index in [9.17, 15) is 9.18 Å². The van der Waals surface area contributed by atoms with Crippen molar-refractivity contribution in [3.8, 4) is 5.69 Å². The number of likely N-dealkylation sites (N-methyl/N-ethyl adjacent to an activating group) is 1. The number of aromatic nitrogens is 2. The number of hydrogen-bond acceptors (Lipinski definition) is 3. The molecule has 2 aromatic rings. The minimum absolute atomic E-state index is 0.140. The molecule has 1 aromatic carbocycles. The summed E-state index contributed by atoms with van der Waals surface area (Å²) in [6.07, 6.45) is 2.54. The fourth-order valence-electron chi connectivity index (χ4n) is 2.53. The zero-order valence-electron chi connectivity index (χ0n) is 11.8. The summed E-state index contributed by atoms with van der Waals surface area (Å²) < 4.78 is 15.1. The van der Waals surface area contributed by atoms with Crippen LogP contribution < -0.4 is 5.32 Å². The molecule has 1 aromatic heterocycles. The third kappa shape index (κ3) is 2.67. The summed E-state index contributed by atoms with van der Waals surface area (Å²) in [4.78, 5) is 14.1. The van der Waals surface area contributed by atoms with E-state index in [0.717, 1.165) is 19.5 Å². The van der Waals surface area contributed by atoms with Crippen LogP contribution in [0.25, 0.3) is 5.69 Å². The van der Waals surface area contributed by atoms with E-state index >= 15 is 0 Å². The summed E-state index contributed by atoms with van der Waals surface area (Å²) in [5.41, 5.74) is 0.661. The smallest absolute Gasteiger partial charge is 0.274 e. The van der Waals surface area contributed by atoms with Crippen LogP contribution in [0, 0.1) is 5.82 Å². The van der Waals surface area contributed by atoms with Gasteiger partial charge >= 0.3 is 0 Å². The topological polar surface area (TPSA) is 50.2 Å². The third-order valence-corrected chi connectivity index (χ3v) is 3.81. The highest BCUT2D eigenvalue weighted by Crippen LogP contribution is 2.14. The van der Waals surface area contributed by atoms with Crippen molar-refractivity contribution in [3.05, 3.63) is 48.0 Å². The number of benzene rings is 1. The highest BCUT2D eigenvalue weighted by Gasteiger charge is 2.25. The molecule has 21 heavy (non-hydrogen) atoms. The maximum Gasteiger partial charge on any atom is 0.274 e. The lowest BCUT2D eigenvalue weighted by atomic mass is 10.2. The molecule has 1 unspecified atom stereocenters. The second-order valence-corrected chi connectivity index (χ2v) is 5.16. The highest BCUT2D eigenvalue weighted by atomic mass is 19.1. The van der Waals surface area contributed by atoms with Gasteiger partial charge in [-0.1, -0.05) is 12.1 Å². The molecular formula is C15H17FN4O. The average Bonchev–Trinajstić information content (AvgIpc) is 3.17. The van der Waals surface area contributed by atoms with E-state index in [1.165, 1.54) is 10.7 Å². The molecule has 1 aliphatic heterocycles. The molecule has 1 N–H and O–H groups in total. The molecular weight excluding hydrogens is 271 g/mol. The molecule has 1 fully saturated rings. The summed E-state index contributed by atoms with van der Waals surface area (Å²) in [5, 5.41) is 7.43. The molecule has 0 radical (unpaired) electrons. The Morgan fingerprint density at radius 1 is 1.43 bits per heavy atom. The van der Waals surface area contributed by atoms with Crippen molar-refractivity contribution in [2.45, 2.75) is 12.5 Å². The summed E-state index contributed by atoms with van der Waals surface area (Å²) in [6, 6.07) is 8.16. The van der Waals surface area contributed by atoms with Gasteiger partial charge in [0.1, 0.15) is 11.5 Å². The second kappa shape index (κ2) is 5.65. The van der Waals surface area contributed by atoms with Gasteiger partial charge in [0.05, 0.1) is 0 Å². The number of halogens is 1. The van der Waals surface area contributed by atoms with Crippen molar-refractivity contribution < 1.29 is 9.18 Å². The normalized spacial score (nSPS) is 17.9. The number of carbonyl (C=O) groups is 1. The predicted octanol–water partition coefficient (Wildman–Crippen LogP) is 1.45. The predicted molar refractivity (Wildman–Crippen MR) is 76.9 cm³/mol. The Balaban J connectivity index is 1.81. The van der Waals surface area contributed by atoms with Gasteiger partial charge in [-0.15, -0.1) is 0 Å². The first kappa shape index (κ1) is 13.8. The molecule has 110 valence electrons.